The summed E-state index contributed by atoms with van der Waals surface area (Å²) in [6.45, 7) is 4.40. The van der Waals surface area contributed by atoms with Crippen molar-refractivity contribution in [3.8, 4) is 0 Å². The third-order valence-electron chi connectivity index (χ3n) is 4.20. The lowest BCUT2D eigenvalue weighted by Gasteiger charge is -2.08. The fourth-order valence-corrected chi connectivity index (χ4v) is 3.95. The van der Waals surface area contributed by atoms with Crippen molar-refractivity contribution < 1.29 is 13.2 Å². The van der Waals surface area contributed by atoms with E-state index in [1.165, 1.54) is 5.56 Å². The molecule has 134 valence electrons. The SMILES string of the molecule is CCc1ccc(CNC(=O)CCS(=O)(=O)Cc2ccccc2C)cc1. The first-order chi connectivity index (χ1) is 11.9. The fraction of sp³-hybridized carbons (Fsp3) is 0.350. The first kappa shape index (κ1) is 19.2. The van der Waals surface area contributed by atoms with Gasteiger partial charge in [-0.05, 0) is 35.6 Å². The molecule has 4 nitrogen and oxygen atoms in total. The second kappa shape index (κ2) is 8.81. The fourth-order valence-electron chi connectivity index (χ4n) is 2.51. The van der Waals surface area contributed by atoms with Crippen molar-refractivity contribution in [3.05, 3.63) is 70.8 Å². The predicted molar refractivity (Wildman–Crippen MR) is 101 cm³/mol. The molecule has 1 amide bonds. The zero-order valence-electron chi connectivity index (χ0n) is 14.8. The minimum absolute atomic E-state index is 0.0126. The highest BCUT2D eigenvalue weighted by atomic mass is 32.2. The zero-order chi connectivity index (χ0) is 18.3. The smallest absolute Gasteiger partial charge is 0.221 e. The molecule has 0 aliphatic rings. The monoisotopic (exact) mass is 359 g/mol. The van der Waals surface area contributed by atoms with Gasteiger partial charge in [-0.25, -0.2) is 8.42 Å². The molecule has 0 atom stereocenters. The molecule has 0 aliphatic carbocycles. The van der Waals surface area contributed by atoms with E-state index in [2.05, 4.69) is 12.2 Å². The first-order valence-corrected chi connectivity index (χ1v) is 10.3. The number of amides is 1. The predicted octanol–water partition coefficient (Wildman–Crippen LogP) is 3.18. The molecule has 2 rings (SSSR count). The van der Waals surface area contributed by atoms with Crippen LogP contribution in [0.3, 0.4) is 0 Å². The number of sulfone groups is 1. The van der Waals surface area contributed by atoms with Crippen molar-refractivity contribution in [1.82, 2.24) is 5.32 Å². The molecule has 2 aromatic carbocycles. The Hall–Kier alpha value is -2.14. The second-order valence-electron chi connectivity index (χ2n) is 6.22. The number of carbonyl (C=O) groups excluding carboxylic acids is 1. The summed E-state index contributed by atoms with van der Waals surface area (Å²) in [5.41, 5.74) is 4.00. The van der Waals surface area contributed by atoms with Crippen molar-refractivity contribution in [2.24, 2.45) is 0 Å². The molecular weight excluding hydrogens is 334 g/mol. The van der Waals surface area contributed by atoms with Crippen LogP contribution in [0.2, 0.25) is 0 Å². The van der Waals surface area contributed by atoms with Crippen molar-refractivity contribution in [3.63, 3.8) is 0 Å². The van der Waals surface area contributed by atoms with E-state index in [4.69, 9.17) is 0 Å². The van der Waals surface area contributed by atoms with Crippen molar-refractivity contribution in [2.45, 2.75) is 39.0 Å². The summed E-state index contributed by atoms with van der Waals surface area (Å²) in [6.07, 6.45) is 0.965. The van der Waals surface area contributed by atoms with Crippen LogP contribution >= 0.6 is 0 Å². The Morgan fingerprint density at radius 2 is 1.64 bits per heavy atom. The summed E-state index contributed by atoms with van der Waals surface area (Å²) in [5, 5.41) is 2.78. The minimum Gasteiger partial charge on any atom is -0.352 e. The van der Waals surface area contributed by atoms with Gasteiger partial charge in [0.25, 0.3) is 0 Å². The van der Waals surface area contributed by atoms with Crippen LogP contribution < -0.4 is 5.32 Å². The topological polar surface area (TPSA) is 63.2 Å². The second-order valence-corrected chi connectivity index (χ2v) is 8.40. The lowest BCUT2D eigenvalue weighted by Crippen LogP contribution is -2.25. The van der Waals surface area contributed by atoms with Gasteiger partial charge in [-0.15, -0.1) is 0 Å². The highest BCUT2D eigenvalue weighted by Gasteiger charge is 2.15. The number of aryl methyl sites for hydroxylation is 2. The zero-order valence-corrected chi connectivity index (χ0v) is 15.6. The van der Waals surface area contributed by atoms with Crippen LogP contribution in [0, 0.1) is 6.92 Å². The molecule has 0 radical (unpaired) electrons. The number of hydrogen-bond donors (Lipinski definition) is 1. The number of benzene rings is 2. The molecule has 0 aromatic heterocycles. The summed E-state index contributed by atoms with van der Waals surface area (Å²) in [6, 6.07) is 15.4. The Labute approximate surface area is 150 Å². The third kappa shape index (κ3) is 6.35. The molecule has 2 aromatic rings. The van der Waals surface area contributed by atoms with E-state index < -0.39 is 9.84 Å². The Bertz CT molecular complexity index is 811. The summed E-state index contributed by atoms with van der Waals surface area (Å²) in [5.74, 6) is -0.402. The molecule has 0 heterocycles. The van der Waals surface area contributed by atoms with Gasteiger partial charge in [-0.2, -0.15) is 0 Å². The van der Waals surface area contributed by atoms with Gasteiger partial charge >= 0.3 is 0 Å². The Kier molecular flexibility index (Phi) is 6.76. The average molecular weight is 359 g/mol. The molecule has 0 bridgehead atoms. The first-order valence-electron chi connectivity index (χ1n) is 8.49. The molecule has 0 aliphatic heterocycles. The van der Waals surface area contributed by atoms with Crippen LogP contribution in [0.25, 0.3) is 0 Å². The largest absolute Gasteiger partial charge is 0.352 e. The van der Waals surface area contributed by atoms with Gasteiger partial charge in [0.1, 0.15) is 0 Å². The molecule has 1 N–H and O–H groups in total. The minimum atomic E-state index is -3.30. The highest BCUT2D eigenvalue weighted by molar-refractivity contribution is 7.90. The van der Waals surface area contributed by atoms with Gasteiger partial charge in [-0.3, -0.25) is 4.79 Å². The maximum absolute atomic E-state index is 12.2. The van der Waals surface area contributed by atoms with Crippen LogP contribution in [0.1, 0.15) is 35.6 Å². The number of nitrogens with one attached hydrogen (secondary N) is 1. The molecular formula is C20H25NO3S. The van der Waals surface area contributed by atoms with Crippen molar-refractivity contribution in [2.75, 3.05) is 5.75 Å². The highest BCUT2D eigenvalue weighted by Crippen LogP contribution is 2.12. The van der Waals surface area contributed by atoms with Crippen LogP contribution in [0.5, 0.6) is 0 Å². The van der Waals surface area contributed by atoms with E-state index in [9.17, 15) is 13.2 Å². The van der Waals surface area contributed by atoms with Crippen LogP contribution in [-0.2, 0) is 33.4 Å². The molecule has 0 saturated carbocycles. The third-order valence-corrected chi connectivity index (χ3v) is 5.77. The molecule has 5 heteroatoms. The van der Waals surface area contributed by atoms with E-state index in [1.54, 1.807) is 0 Å². The van der Waals surface area contributed by atoms with Gasteiger partial charge in [0.05, 0.1) is 11.5 Å². The van der Waals surface area contributed by atoms with Crippen molar-refractivity contribution >= 4 is 15.7 Å². The van der Waals surface area contributed by atoms with E-state index in [-0.39, 0.29) is 23.8 Å². The van der Waals surface area contributed by atoms with Crippen LogP contribution in [0.15, 0.2) is 48.5 Å². The maximum Gasteiger partial charge on any atom is 0.221 e. The molecule has 0 spiro atoms. The summed E-state index contributed by atoms with van der Waals surface area (Å²) in [4.78, 5) is 11.9. The number of rotatable bonds is 8. The van der Waals surface area contributed by atoms with Crippen LogP contribution in [-0.4, -0.2) is 20.1 Å². The normalized spacial score (nSPS) is 11.3. The van der Waals surface area contributed by atoms with Gasteiger partial charge in [-0.1, -0.05) is 55.5 Å². The Morgan fingerprint density at radius 3 is 2.28 bits per heavy atom. The Balaban J connectivity index is 1.81. The van der Waals surface area contributed by atoms with Crippen LogP contribution in [0.4, 0.5) is 0 Å². The number of carbonyl (C=O) groups is 1. The van der Waals surface area contributed by atoms with E-state index >= 15 is 0 Å². The Morgan fingerprint density at radius 1 is 1.00 bits per heavy atom. The van der Waals surface area contributed by atoms with Gasteiger partial charge in [0, 0.05) is 13.0 Å². The average Bonchev–Trinajstić information content (AvgIpc) is 2.60. The van der Waals surface area contributed by atoms with E-state index in [0.717, 1.165) is 23.1 Å². The lowest BCUT2D eigenvalue weighted by atomic mass is 10.1. The van der Waals surface area contributed by atoms with E-state index in [0.29, 0.717) is 6.54 Å². The van der Waals surface area contributed by atoms with E-state index in [1.807, 2.05) is 55.5 Å². The molecule has 0 unspecified atom stereocenters. The van der Waals surface area contributed by atoms with Gasteiger partial charge in [0.15, 0.2) is 9.84 Å². The lowest BCUT2D eigenvalue weighted by molar-refractivity contribution is -0.120. The quantitative estimate of drug-likeness (QED) is 0.787. The standard InChI is InChI=1S/C20H25NO3S/c1-3-17-8-10-18(11-9-17)14-21-20(22)12-13-25(23,24)15-19-7-5-4-6-16(19)2/h4-11H,3,12-15H2,1-2H3,(H,21,22). The molecule has 0 saturated heterocycles. The molecule has 0 fully saturated rings. The number of hydrogen-bond acceptors (Lipinski definition) is 3. The van der Waals surface area contributed by atoms with Gasteiger partial charge < -0.3 is 5.32 Å². The van der Waals surface area contributed by atoms with Gasteiger partial charge in [0.2, 0.25) is 5.91 Å². The summed E-state index contributed by atoms with van der Waals surface area (Å²) >= 11 is 0. The molecule has 25 heavy (non-hydrogen) atoms. The summed E-state index contributed by atoms with van der Waals surface area (Å²) < 4.78 is 24.4. The summed E-state index contributed by atoms with van der Waals surface area (Å²) in [7, 11) is -3.30. The maximum atomic E-state index is 12.2. The van der Waals surface area contributed by atoms with Crippen molar-refractivity contribution in [1.29, 1.82) is 0 Å².